The van der Waals surface area contributed by atoms with Crippen molar-refractivity contribution in [2.45, 2.75) is 6.18 Å². The molecule has 148 valence electrons. The molecule has 0 amide bonds. The number of benzene rings is 2. The molecule has 0 spiro atoms. The Morgan fingerprint density at radius 3 is 2.28 bits per heavy atom. The van der Waals surface area contributed by atoms with E-state index in [4.69, 9.17) is 4.74 Å². The van der Waals surface area contributed by atoms with Gasteiger partial charge in [-0.05, 0) is 48.5 Å². The van der Waals surface area contributed by atoms with Crippen molar-refractivity contribution in [3.63, 3.8) is 0 Å². The Hall–Kier alpha value is -3.62. The van der Waals surface area contributed by atoms with Crippen molar-refractivity contribution >= 4 is 22.7 Å². The van der Waals surface area contributed by atoms with Crippen LogP contribution in [0.4, 0.5) is 24.7 Å². The Morgan fingerprint density at radius 2 is 1.66 bits per heavy atom. The van der Waals surface area contributed by atoms with E-state index in [0.29, 0.717) is 28.5 Å². The van der Waals surface area contributed by atoms with Crippen molar-refractivity contribution in [1.82, 2.24) is 19.5 Å². The number of aryl methyl sites for hydroxylation is 1. The predicted octanol–water partition coefficient (Wildman–Crippen LogP) is 4.80. The van der Waals surface area contributed by atoms with Crippen LogP contribution in [-0.4, -0.2) is 26.6 Å². The van der Waals surface area contributed by atoms with Crippen molar-refractivity contribution in [1.29, 1.82) is 0 Å². The second-order valence-electron chi connectivity index (χ2n) is 6.32. The number of nitrogens with one attached hydrogen (secondary N) is 1. The molecular weight excluding hydrogens is 383 g/mol. The molecular formula is C20H16F3N5O. The third kappa shape index (κ3) is 3.58. The number of methoxy groups -OCH3 is 1. The summed E-state index contributed by atoms with van der Waals surface area (Å²) in [7, 11) is 3.43. The molecule has 0 atom stereocenters. The van der Waals surface area contributed by atoms with Gasteiger partial charge in [0.25, 0.3) is 0 Å². The molecule has 0 fully saturated rings. The van der Waals surface area contributed by atoms with Gasteiger partial charge in [0.2, 0.25) is 0 Å². The summed E-state index contributed by atoms with van der Waals surface area (Å²) < 4.78 is 45.3. The van der Waals surface area contributed by atoms with Crippen LogP contribution >= 0.6 is 0 Å². The summed E-state index contributed by atoms with van der Waals surface area (Å²) >= 11 is 0. The van der Waals surface area contributed by atoms with Crippen molar-refractivity contribution < 1.29 is 17.9 Å². The molecule has 4 rings (SSSR count). The first-order chi connectivity index (χ1) is 13.9. The van der Waals surface area contributed by atoms with Gasteiger partial charge in [-0.3, -0.25) is 0 Å². The van der Waals surface area contributed by atoms with Gasteiger partial charge in [-0.25, -0.2) is 15.0 Å². The number of halogens is 3. The number of aromatic nitrogens is 4. The number of alkyl halides is 3. The van der Waals surface area contributed by atoms with E-state index in [1.807, 2.05) is 35.9 Å². The highest BCUT2D eigenvalue weighted by atomic mass is 19.4. The quantitative estimate of drug-likeness (QED) is 0.534. The number of rotatable bonds is 4. The SMILES string of the molecule is COc1ccc(-c2nc3c(Nc4ccc(C(F)(F)F)cc4)ncnc3n2C)cc1. The maximum Gasteiger partial charge on any atom is 0.416 e. The van der Waals surface area contributed by atoms with Gasteiger partial charge in [-0.2, -0.15) is 13.2 Å². The van der Waals surface area contributed by atoms with Crippen LogP contribution in [0.15, 0.2) is 54.9 Å². The van der Waals surface area contributed by atoms with Gasteiger partial charge in [-0.15, -0.1) is 0 Å². The third-order valence-electron chi connectivity index (χ3n) is 4.48. The third-order valence-corrected chi connectivity index (χ3v) is 4.48. The van der Waals surface area contributed by atoms with Gasteiger partial charge in [-0.1, -0.05) is 0 Å². The van der Waals surface area contributed by atoms with Gasteiger partial charge >= 0.3 is 6.18 Å². The second kappa shape index (κ2) is 7.08. The molecule has 0 saturated carbocycles. The molecule has 0 saturated heterocycles. The fraction of sp³-hybridized carbons (Fsp3) is 0.150. The molecule has 0 bridgehead atoms. The van der Waals surface area contributed by atoms with Gasteiger partial charge in [0, 0.05) is 18.3 Å². The number of nitrogens with zero attached hydrogens (tertiary/aromatic N) is 4. The second-order valence-corrected chi connectivity index (χ2v) is 6.32. The zero-order valence-electron chi connectivity index (χ0n) is 15.5. The van der Waals surface area contributed by atoms with Crippen LogP contribution in [0.2, 0.25) is 0 Å². The summed E-state index contributed by atoms with van der Waals surface area (Å²) in [5.74, 6) is 1.82. The fourth-order valence-electron chi connectivity index (χ4n) is 2.97. The van der Waals surface area contributed by atoms with Crippen LogP contribution in [0.3, 0.4) is 0 Å². The Labute approximate surface area is 164 Å². The van der Waals surface area contributed by atoms with Crippen LogP contribution in [-0.2, 0) is 13.2 Å². The summed E-state index contributed by atoms with van der Waals surface area (Å²) in [5.41, 5.74) is 1.73. The van der Waals surface area contributed by atoms with Gasteiger partial charge < -0.3 is 14.6 Å². The number of hydrogen-bond donors (Lipinski definition) is 1. The highest BCUT2D eigenvalue weighted by molar-refractivity contribution is 5.88. The number of anilines is 2. The van der Waals surface area contributed by atoms with E-state index in [-0.39, 0.29) is 0 Å². The molecule has 2 heterocycles. The Morgan fingerprint density at radius 1 is 0.966 bits per heavy atom. The largest absolute Gasteiger partial charge is 0.497 e. The smallest absolute Gasteiger partial charge is 0.416 e. The number of imidazole rings is 1. The van der Waals surface area contributed by atoms with E-state index in [1.165, 1.54) is 18.5 Å². The summed E-state index contributed by atoms with van der Waals surface area (Å²) in [6.45, 7) is 0. The Kier molecular flexibility index (Phi) is 4.57. The normalized spacial score (nSPS) is 11.6. The van der Waals surface area contributed by atoms with Crippen molar-refractivity contribution in [2.24, 2.45) is 7.05 Å². The highest BCUT2D eigenvalue weighted by Crippen LogP contribution is 2.31. The number of ether oxygens (including phenoxy) is 1. The molecule has 0 unspecified atom stereocenters. The van der Waals surface area contributed by atoms with Crippen molar-refractivity contribution in [3.05, 3.63) is 60.4 Å². The molecule has 9 heteroatoms. The van der Waals surface area contributed by atoms with Crippen LogP contribution in [0.5, 0.6) is 5.75 Å². The molecule has 6 nitrogen and oxygen atoms in total. The molecule has 0 aliphatic rings. The van der Waals surface area contributed by atoms with Crippen molar-refractivity contribution in [3.8, 4) is 17.1 Å². The lowest BCUT2D eigenvalue weighted by Crippen LogP contribution is -2.04. The minimum Gasteiger partial charge on any atom is -0.497 e. The summed E-state index contributed by atoms with van der Waals surface area (Å²) in [6, 6.07) is 12.2. The molecule has 2 aromatic carbocycles. The molecule has 1 N–H and O–H groups in total. The van der Waals surface area contributed by atoms with Crippen LogP contribution in [0.25, 0.3) is 22.6 Å². The van der Waals surface area contributed by atoms with E-state index in [9.17, 15) is 13.2 Å². The lowest BCUT2D eigenvalue weighted by molar-refractivity contribution is -0.137. The zero-order chi connectivity index (χ0) is 20.6. The van der Waals surface area contributed by atoms with Crippen LogP contribution < -0.4 is 10.1 Å². The first-order valence-corrected chi connectivity index (χ1v) is 8.63. The average Bonchev–Trinajstić information content (AvgIpc) is 3.06. The average molecular weight is 399 g/mol. The molecule has 0 aliphatic heterocycles. The lowest BCUT2D eigenvalue weighted by Gasteiger charge is -2.09. The van der Waals surface area contributed by atoms with Crippen LogP contribution in [0.1, 0.15) is 5.56 Å². The lowest BCUT2D eigenvalue weighted by atomic mass is 10.2. The summed E-state index contributed by atoms with van der Waals surface area (Å²) in [6.07, 6.45) is -3.00. The van der Waals surface area contributed by atoms with Crippen LogP contribution in [0, 0.1) is 0 Å². The van der Waals surface area contributed by atoms with E-state index in [1.54, 1.807) is 7.11 Å². The van der Waals surface area contributed by atoms with E-state index in [2.05, 4.69) is 20.3 Å². The monoisotopic (exact) mass is 399 g/mol. The summed E-state index contributed by atoms with van der Waals surface area (Å²) in [4.78, 5) is 13.1. The minimum absolute atomic E-state index is 0.408. The molecule has 4 aromatic rings. The van der Waals surface area contributed by atoms with Gasteiger partial charge in [0.15, 0.2) is 17.0 Å². The first kappa shape index (κ1) is 18.7. The number of hydrogen-bond acceptors (Lipinski definition) is 5. The standard InChI is InChI=1S/C20H16F3N5O/c1-28-18(12-3-9-15(29-2)10-4-12)27-16-17(24-11-25-19(16)28)26-14-7-5-13(6-8-14)20(21,22)23/h3-11H,1-2H3,(H,24,25,26). The van der Waals surface area contributed by atoms with Crippen molar-refractivity contribution in [2.75, 3.05) is 12.4 Å². The van der Waals surface area contributed by atoms with Gasteiger partial charge in [0.05, 0.1) is 12.7 Å². The Balaban J connectivity index is 1.70. The molecule has 0 aliphatic carbocycles. The predicted molar refractivity (Wildman–Crippen MR) is 103 cm³/mol. The molecule has 2 aromatic heterocycles. The summed E-state index contributed by atoms with van der Waals surface area (Å²) in [5, 5.41) is 3.02. The Bertz CT molecular complexity index is 1150. The topological polar surface area (TPSA) is 64.9 Å². The number of fused-ring (bicyclic) bond motifs is 1. The van der Waals surface area contributed by atoms with E-state index >= 15 is 0 Å². The minimum atomic E-state index is -4.38. The van der Waals surface area contributed by atoms with Gasteiger partial charge in [0.1, 0.15) is 17.9 Å². The highest BCUT2D eigenvalue weighted by Gasteiger charge is 2.30. The molecule has 0 radical (unpaired) electrons. The fourth-order valence-corrected chi connectivity index (χ4v) is 2.97. The van der Waals surface area contributed by atoms with E-state index in [0.717, 1.165) is 23.4 Å². The maximum atomic E-state index is 12.7. The first-order valence-electron chi connectivity index (χ1n) is 8.63. The van der Waals surface area contributed by atoms with E-state index < -0.39 is 11.7 Å². The molecule has 29 heavy (non-hydrogen) atoms. The zero-order valence-corrected chi connectivity index (χ0v) is 15.5. The maximum absolute atomic E-state index is 12.7.